The standard InChI is InChI=1S/C27H39N3O5S/c1-6-25(27(32)28-7-2)29(20-22-13-11-21(4)12-14-22)26(31)10-9-19-30(36(5,33)34)23-15-17-24(18-16-23)35-8-3/h11-18,25H,6-10,19-20H2,1-5H3,(H,28,32)/t25-/m1/s1. The maximum absolute atomic E-state index is 13.4. The third-order valence-corrected chi connectivity index (χ3v) is 6.99. The molecule has 1 atom stereocenters. The Bertz CT molecular complexity index is 1090. The molecule has 8 nitrogen and oxygen atoms in total. The lowest BCUT2D eigenvalue weighted by atomic mass is 10.1. The largest absolute Gasteiger partial charge is 0.494 e. The van der Waals surface area contributed by atoms with E-state index in [1.165, 1.54) is 4.31 Å². The fraction of sp³-hybridized carbons (Fsp3) is 0.481. The van der Waals surface area contributed by atoms with Gasteiger partial charge in [0.05, 0.1) is 18.6 Å². The predicted octanol–water partition coefficient (Wildman–Crippen LogP) is 3.88. The van der Waals surface area contributed by atoms with Crippen LogP contribution in [0.1, 0.15) is 51.2 Å². The first-order valence-corrected chi connectivity index (χ1v) is 14.3. The van der Waals surface area contributed by atoms with E-state index in [0.29, 0.717) is 44.0 Å². The fourth-order valence-corrected chi connectivity index (χ4v) is 4.95. The Kier molecular flexibility index (Phi) is 11.2. The van der Waals surface area contributed by atoms with Crippen molar-refractivity contribution in [3.8, 4) is 5.75 Å². The lowest BCUT2D eigenvalue weighted by molar-refractivity contribution is -0.141. The maximum atomic E-state index is 13.4. The summed E-state index contributed by atoms with van der Waals surface area (Å²) in [7, 11) is -3.55. The van der Waals surface area contributed by atoms with Crippen LogP contribution in [0.15, 0.2) is 48.5 Å². The molecule has 0 aliphatic carbocycles. The van der Waals surface area contributed by atoms with Gasteiger partial charge in [-0.1, -0.05) is 36.8 Å². The summed E-state index contributed by atoms with van der Waals surface area (Å²) in [5.41, 5.74) is 2.56. The Morgan fingerprint density at radius 3 is 2.17 bits per heavy atom. The van der Waals surface area contributed by atoms with Gasteiger partial charge in [-0.25, -0.2) is 8.42 Å². The van der Waals surface area contributed by atoms with Crippen molar-refractivity contribution in [1.29, 1.82) is 0 Å². The van der Waals surface area contributed by atoms with Gasteiger partial charge in [0.25, 0.3) is 0 Å². The molecule has 0 saturated heterocycles. The lowest BCUT2D eigenvalue weighted by Gasteiger charge is -2.31. The fourth-order valence-electron chi connectivity index (χ4n) is 3.98. The second kappa shape index (κ2) is 13.9. The van der Waals surface area contributed by atoms with Gasteiger partial charge < -0.3 is 15.0 Å². The molecule has 2 aromatic carbocycles. The minimum absolute atomic E-state index is 0.116. The quantitative estimate of drug-likeness (QED) is 0.410. The van der Waals surface area contributed by atoms with Crippen molar-refractivity contribution in [2.24, 2.45) is 0 Å². The number of anilines is 1. The van der Waals surface area contributed by atoms with Crippen molar-refractivity contribution in [3.63, 3.8) is 0 Å². The van der Waals surface area contributed by atoms with Crippen LogP contribution in [0.4, 0.5) is 5.69 Å². The molecule has 9 heteroatoms. The first-order valence-electron chi connectivity index (χ1n) is 12.4. The number of hydrogen-bond acceptors (Lipinski definition) is 5. The zero-order valence-electron chi connectivity index (χ0n) is 22.0. The number of amides is 2. The third-order valence-electron chi connectivity index (χ3n) is 5.80. The van der Waals surface area contributed by atoms with Crippen LogP contribution < -0.4 is 14.4 Å². The first-order chi connectivity index (χ1) is 17.1. The molecule has 0 aliphatic rings. The molecule has 0 unspecified atom stereocenters. The zero-order chi connectivity index (χ0) is 26.7. The van der Waals surface area contributed by atoms with Crippen LogP contribution in [0.2, 0.25) is 0 Å². The van der Waals surface area contributed by atoms with E-state index < -0.39 is 16.1 Å². The van der Waals surface area contributed by atoms with E-state index in [1.54, 1.807) is 29.2 Å². The highest BCUT2D eigenvalue weighted by Gasteiger charge is 2.28. The van der Waals surface area contributed by atoms with Gasteiger partial charge in [0.2, 0.25) is 21.8 Å². The van der Waals surface area contributed by atoms with Crippen molar-refractivity contribution in [2.75, 3.05) is 30.3 Å². The van der Waals surface area contributed by atoms with Crippen LogP contribution in [0.5, 0.6) is 5.75 Å². The minimum atomic E-state index is -3.55. The topological polar surface area (TPSA) is 96.0 Å². The highest BCUT2D eigenvalue weighted by atomic mass is 32.2. The molecular formula is C27H39N3O5S. The van der Waals surface area contributed by atoms with Gasteiger partial charge in [0.15, 0.2) is 0 Å². The lowest BCUT2D eigenvalue weighted by Crippen LogP contribution is -2.49. The van der Waals surface area contributed by atoms with Gasteiger partial charge in [-0.2, -0.15) is 0 Å². The van der Waals surface area contributed by atoms with Crippen LogP contribution in [0.25, 0.3) is 0 Å². The predicted molar refractivity (Wildman–Crippen MR) is 144 cm³/mol. The number of carbonyl (C=O) groups is 2. The van der Waals surface area contributed by atoms with E-state index in [-0.39, 0.29) is 24.8 Å². The van der Waals surface area contributed by atoms with E-state index >= 15 is 0 Å². The molecule has 2 amide bonds. The molecule has 0 aliphatic heterocycles. The summed E-state index contributed by atoms with van der Waals surface area (Å²) in [6.07, 6.45) is 2.06. The van der Waals surface area contributed by atoms with Crippen LogP contribution in [-0.2, 0) is 26.2 Å². The van der Waals surface area contributed by atoms with Crippen molar-refractivity contribution in [2.45, 2.75) is 59.5 Å². The molecule has 2 rings (SSSR count). The normalized spacial score (nSPS) is 12.0. The maximum Gasteiger partial charge on any atom is 0.242 e. The van der Waals surface area contributed by atoms with Gasteiger partial charge >= 0.3 is 0 Å². The molecule has 1 N–H and O–H groups in total. The molecule has 0 spiro atoms. The van der Waals surface area contributed by atoms with Crippen molar-refractivity contribution in [3.05, 3.63) is 59.7 Å². The first kappa shape index (κ1) is 29.2. The minimum Gasteiger partial charge on any atom is -0.494 e. The molecule has 0 radical (unpaired) electrons. The number of rotatable bonds is 14. The number of hydrogen-bond donors (Lipinski definition) is 1. The summed E-state index contributed by atoms with van der Waals surface area (Å²) in [5, 5.41) is 2.83. The Morgan fingerprint density at radius 1 is 1.00 bits per heavy atom. The highest BCUT2D eigenvalue weighted by Crippen LogP contribution is 2.23. The summed E-state index contributed by atoms with van der Waals surface area (Å²) in [5.74, 6) is 0.286. The van der Waals surface area contributed by atoms with Crippen LogP contribution in [-0.4, -0.2) is 57.1 Å². The number of carbonyl (C=O) groups excluding carboxylic acids is 2. The Labute approximate surface area is 215 Å². The average molecular weight is 518 g/mol. The average Bonchev–Trinajstić information content (AvgIpc) is 2.83. The van der Waals surface area contributed by atoms with Gasteiger partial charge in [-0.3, -0.25) is 13.9 Å². The highest BCUT2D eigenvalue weighted by molar-refractivity contribution is 7.92. The number of sulfonamides is 1. The Balaban J connectivity index is 2.17. The van der Waals surface area contributed by atoms with E-state index in [0.717, 1.165) is 17.4 Å². The summed E-state index contributed by atoms with van der Waals surface area (Å²) in [6, 6.07) is 14.1. The summed E-state index contributed by atoms with van der Waals surface area (Å²) < 4.78 is 31.7. The number of aryl methyl sites for hydroxylation is 1. The Hall–Kier alpha value is -3.07. The van der Waals surface area contributed by atoms with E-state index in [9.17, 15) is 18.0 Å². The Morgan fingerprint density at radius 2 is 1.64 bits per heavy atom. The van der Waals surface area contributed by atoms with Gasteiger partial charge in [-0.05, 0) is 63.4 Å². The van der Waals surface area contributed by atoms with Crippen molar-refractivity contribution < 1.29 is 22.7 Å². The van der Waals surface area contributed by atoms with Crippen molar-refractivity contribution >= 4 is 27.5 Å². The molecule has 198 valence electrons. The summed E-state index contributed by atoms with van der Waals surface area (Å²) >= 11 is 0. The molecular weight excluding hydrogens is 478 g/mol. The van der Waals surface area contributed by atoms with Crippen molar-refractivity contribution in [1.82, 2.24) is 10.2 Å². The number of likely N-dealkylation sites (N-methyl/N-ethyl adjacent to an activating group) is 1. The van der Waals surface area contributed by atoms with Crippen LogP contribution >= 0.6 is 0 Å². The molecule has 36 heavy (non-hydrogen) atoms. The van der Waals surface area contributed by atoms with Gasteiger partial charge in [0, 0.05) is 26.1 Å². The molecule has 0 bridgehead atoms. The van der Waals surface area contributed by atoms with E-state index in [4.69, 9.17) is 4.74 Å². The smallest absolute Gasteiger partial charge is 0.242 e. The number of ether oxygens (including phenoxy) is 1. The third kappa shape index (κ3) is 8.55. The second-order valence-corrected chi connectivity index (χ2v) is 10.6. The van der Waals surface area contributed by atoms with E-state index in [2.05, 4.69) is 5.32 Å². The molecule has 0 heterocycles. The SMILES string of the molecule is CCNC(=O)[C@@H](CC)N(Cc1ccc(C)cc1)C(=O)CCCN(c1ccc(OCC)cc1)S(C)(=O)=O. The summed E-state index contributed by atoms with van der Waals surface area (Å²) in [6.45, 7) is 9.06. The zero-order valence-corrected chi connectivity index (χ0v) is 22.8. The second-order valence-electron chi connectivity index (χ2n) is 8.69. The molecule has 0 saturated carbocycles. The monoisotopic (exact) mass is 517 g/mol. The number of nitrogens with one attached hydrogen (secondary N) is 1. The summed E-state index contributed by atoms with van der Waals surface area (Å²) in [4.78, 5) is 27.7. The van der Waals surface area contributed by atoms with Gasteiger partial charge in [0.1, 0.15) is 11.8 Å². The van der Waals surface area contributed by atoms with Gasteiger partial charge in [-0.15, -0.1) is 0 Å². The number of benzene rings is 2. The molecule has 0 aromatic heterocycles. The van der Waals surface area contributed by atoms with Crippen LogP contribution in [0.3, 0.4) is 0 Å². The molecule has 2 aromatic rings. The van der Waals surface area contributed by atoms with E-state index in [1.807, 2.05) is 52.0 Å². The molecule has 0 fully saturated rings. The number of nitrogens with zero attached hydrogens (tertiary/aromatic N) is 2. The van der Waals surface area contributed by atoms with Crippen LogP contribution in [0, 0.1) is 6.92 Å².